The van der Waals surface area contributed by atoms with Gasteiger partial charge in [0.1, 0.15) is 11.5 Å². The van der Waals surface area contributed by atoms with Crippen molar-refractivity contribution >= 4 is 127 Å². The standard InChI is InChI=1S/C46H41Cl5N8O8/c1-24(60)41(58-56-30-7-10-34(50)32(20-30)43(62)54-37-12-5-26(22-48)17-39(37)66-3)45(64)52-29-9-14-36(28(19-29)15-16-47)53-46(65)42(25(2)61)59-57-31-8-11-35(51)33(21-31)44(63)55-38-13-6-27(23-49)18-40(38)67-4/h5-14,17-21,41-42H,15-16,22-23H2,1-4H3,(H,52,64)(H,53,65)(H,54,62)(H,55,63). The summed E-state index contributed by atoms with van der Waals surface area (Å²) in [5.41, 5.74) is 3.55. The molecule has 2 atom stereocenters. The number of aryl methyl sites for hydroxylation is 1. The van der Waals surface area contributed by atoms with Crippen LogP contribution in [0.2, 0.25) is 10.0 Å². The van der Waals surface area contributed by atoms with Crippen LogP contribution in [-0.4, -0.2) is 67.4 Å². The molecule has 0 bridgehead atoms. The molecule has 4 amide bonds. The van der Waals surface area contributed by atoms with Crippen LogP contribution in [0.25, 0.3) is 0 Å². The van der Waals surface area contributed by atoms with Crippen LogP contribution in [0.15, 0.2) is 111 Å². The Morgan fingerprint density at radius 2 is 1.00 bits per heavy atom. The third kappa shape index (κ3) is 13.8. The van der Waals surface area contributed by atoms with Crippen LogP contribution < -0.4 is 30.7 Å². The smallest absolute Gasteiger partial charge is 0.258 e. The van der Waals surface area contributed by atoms with E-state index in [4.69, 9.17) is 67.5 Å². The van der Waals surface area contributed by atoms with E-state index in [1.807, 2.05) is 0 Å². The molecule has 0 aliphatic carbocycles. The van der Waals surface area contributed by atoms with Crippen molar-refractivity contribution in [2.24, 2.45) is 20.5 Å². The number of ether oxygens (including phenoxy) is 2. The van der Waals surface area contributed by atoms with Gasteiger partial charge in [0.25, 0.3) is 23.6 Å². The second-order valence-corrected chi connectivity index (χ2v) is 16.0. The van der Waals surface area contributed by atoms with Crippen molar-refractivity contribution in [1.82, 2.24) is 0 Å². The molecule has 16 nitrogen and oxygen atoms in total. The molecule has 4 N–H and O–H groups in total. The van der Waals surface area contributed by atoms with E-state index in [0.29, 0.717) is 28.4 Å². The van der Waals surface area contributed by atoms with Crippen LogP contribution in [-0.2, 0) is 37.4 Å². The monoisotopic (exact) mass is 1010 g/mol. The highest BCUT2D eigenvalue weighted by Gasteiger charge is 2.26. The van der Waals surface area contributed by atoms with Crippen LogP contribution in [0.3, 0.4) is 0 Å². The van der Waals surface area contributed by atoms with Gasteiger partial charge >= 0.3 is 0 Å². The van der Waals surface area contributed by atoms with Crippen molar-refractivity contribution in [2.45, 2.75) is 44.1 Å². The number of halogens is 5. The zero-order valence-corrected chi connectivity index (χ0v) is 39.9. The third-order valence-corrected chi connectivity index (χ3v) is 11.0. The summed E-state index contributed by atoms with van der Waals surface area (Å²) in [4.78, 5) is 78.7. The highest BCUT2D eigenvalue weighted by molar-refractivity contribution is 6.35. The first kappa shape index (κ1) is 51.6. The van der Waals surface area contributed by atoms with Crippen LogP contribution in [0, 0.1) is 0 Å². The number of methoxy groups -OCH3 is 2. The number of carbonyl (C=O) groups is 6. The summed E-state index contributed by atoms with van der Waals surface area (Å²) >= 11 is 30.6. The lowest BCUT2D eigenvalue weighted by atomic mass is 10.1. The van der Waals surface area contributed by atoms with Gasteiger partial charge in [-0.3, -0.25) is 28.8 Å². The molecule has 5 aromatic rings. The number of rotatable bonds is 20. The number of hydrogen-bond acceptors (Lipinski definition) is 12. The van der Waals surface area contributed by atoms with Crippen molar-refractivity contribution in [3.05, 3.63) is 129 Å². The number of anilines is 4. The maximum absolute atomic E-state index is 13.5. The molecular weight excluding hydrogens is 970 g/mol. The molecule has 5 rings (SSSR count). The summed E-state index contributed by atoms with van der Waals surface area (Å²) in [5, 5.41) is 27.1. The van der Waals surface area contributed by atoms with Gasteiger partial charge in [-0.15, -0.1) is 34.8 Å². The second-order valence-electron chi connectivity index (χ2n) is 14.3. The molecule has 0 aliphatic rings. The Bertz CT molecular complexity index is 2770. The van der Waals surface area contributed by atoms with E-state index in [2.05, 4.69) is 41.7 Å². The number of Topliss-reactive ketones (excluding diaryl/α,β-unsaturated/α-hetero) is 2. The molecule has 0 saturated carbocycles. The molecule has 2 unspecified atom stereocenters. The van der Waals surface area contributed by atoms with Crippen molar-refractivity contribution in [1.29, 1.82) is 0 Å². The molecule has 0 aromatic heterocycles. The molecule has 0 fully saturated rings. The Labute approximate surface area is 409 Å². The zero-order valence-electron chi connectivity index (χ0n) is 36.1. The maximum atomic E-state index is 13.5. The van der Waals surface area contributed by atoms with Crippen LogP contribution in [0.1, 0.15) is 51.3 Å². The van der Waals surface area contributed by atoms with Crippen molar-refractivity contribution in [3.63, 3.8) is 0 Å². The molecule has 0 radical (unpaired) electrons. The average molecular weight is 1010 g/mol. The summed E-state index contributed by atoms with van der Waals surface area (Å²) in [6, 6.07) is 19.8. The molecule has 21 heteroatoms. The quantitative estimate of drug-likeness (QED) is 0.0333. The Hall–Kier alpha value is -6.43. The minimum atomic E-state index is -1.61. The zero-order chi connectivity index (χ0) is 48.8. The summed E-state index contributed by atoms with van der Waals surface area (Å²) in [5.74, 6) is -2.75. The molecular formula is C46H41Cl5N8O8. The maximum Gasteiger partial charge on any atom is 0.258 e. The van der Waals surface area contributed by atoms with Crippen molar-refractivity contribution in [2.75, 3.05) is 41.4 Å². The number of benzene rings is 5. The fraction of sp³-hybridized carbons (Fsp3) is 0.217. The Kier molecular flexibility index (Phi) is 18.8. The number of nitrogens with zero attached hydrogens (tertiary/aromatic N) is 4. The number of ketones is 2. The minimum Gasteiger partial charge on any atom is -0.495 e. The SMILES string of the molecule is COc1cc(CCl)ccc1NC(=O)c1cc(N=NC(C(C)=O)C(=O)Nc2ccc(NC(=O)C(N=Nc3ccc(Cl)c(C(=O)Nc4ccc(CCl)cc4OC)c3)C(C)=O)c(CCCl)c2)ccc1Cl. The van der Waals surface area contributed by atoms with Gasteiger partial charge in [0.2, 0.25) is 12.1 Å². The predicted molar refractivity (Wildman–Crippen MR) is 260 cm³/mol. The van der Waals surface area contributed by atoms with Gasteiger partial charge in [-0.1, -0.05) is 35.3 Å². The number of hydrogen-bond donors (Lipinski definition) is 4. The first-order valence-electron chi connectivity index (χ1n) is 19.9. The van der Waals surface area contributed by atoms with E-state index >= 15 is 0 Å². The number of nitrogens with one attached hydrogen (secondary N) is 4. The molecule has 5 aromatic carbocycles. The van der Waals surface area contributed by atoms with Gasteiger partial charge < -0.3 is 30.7 Å². The lowest BCUT2D eigenvalue weighted by Crippen LogP contribution is -2.32. The van der Waals surface area contributed by atoms with Gasteiger partial charge in [-0.05, 0) is 116 Å². The molecule has 0 saturated heterocycles. The van der Waals surface area contributed by atoms with Crippen molar-refractivity contribution < 1.29 is 38.2 Å². The lowest BCUT2D eigenvalue weighted by molar-refractivity contribution is -0.127. The van der Waals surface area contributed by atoms with E-state index in [1.165, 1.54) is 75.7 Å². The number of alkyl halides is 3. The first-order chi connectivity index (χ1) is 32.1. The molecule has 348 valence electrons. The van der Waals surface area contributed by atoms with Crippen LogP contribution in [0.4, 0.5) is 34.1 Å². The largest absolute Gasteiger partial charge is 0.495 e. The molecule has 0 heterocycles. The third-order valence-electron chi connectivity index (χ3n) is 9.56. The first-order valence-corrected chi connectivity index (χ1v) is 22.3. The van der Waals surface area contributed by atoms with E-state index in [0.717, 1.165) is 18.1 Å². The number of amides is 4. The minimum absolute atomic E-state index is 0.0334. The molecule has 0 spiro atoms. The Morgan fingerprint density at radius 1 is 0.552 bits per heavy atom. The summed E-state index contributed by atoms with van der Waals surface area (Å²) < 4.78 is 10.7. The van der Waals surface area contributed by atoms with E-state index in [-0.39, 0.29) is 68.0 Å². The highest BCUT2D eigenvalue weighted by atomic mass is 35.5. The molecule has 0 aliphatic heterocycles. The van der Waals surface area contributed by atoms with E-state index in [1.54, 1.807) is 36.4 Å². The Morgan fingerprint density at radius 3 is 1.42 bits per heavy atom. The highest BCUT2D eigenvalue weighted by Crippen LogP contribution is 2.32. The van der Waals surface area contributed by atoms with E-state index < -0.39 is 47.3 Å². The summed E-state index contributed by atoms with van der Waals surface area (Å²) in [7, 11) is 2.90. The van der Waals surface area contributed by atoms with Crippen LogP contribution >= 0.6 is 58.0 Å². The van der Waals surface area contributed by atoms with Gasteiger partial charge in [0, 0.05) is 29.0 Å². The van der Waals surface area contributed by atoms with Gasteiger partial charge in [-0.2, -0.15) is 20.5 Å². The van der Waals surface area contributed by atoms with Crippen molar-refractivity contribution in [3.8, 4) is 11.5 Å². The molecule has 67 heavy (non-hydrogen) atoms. The summed E-state index contributed by atoms with van der Waals surface area (Å²) in [6.07, 6.45) is 0.208. The van der Waals surface area contributed by atoms with Crippen LogP contribution in [0.5, 0.6) is 11.5 Å². The van der Waals surface area contributed by atoms with Gasteiger partial charge in [-0.25, -0.2) is 0 Å². The normalized spacial score (nSPS) is 12.0. The summed E-state index contributed by atoms with van der Waals surface area (Å²) in [6.45, 7) is 2.33. The topological polar surface area (TPSA) is 218 Å². The van der Waals surface area contributed by atoms with Gasteiger partial charge in [0.05, 0.1) is 58.1 Å². The Balaban J connectivity index is 1.27. The average Bonchev–Trinajstić information content (AvgIpc) is 3.30. The second kappa shape index (κ2) is 24.4. The van der Waals surface area contributed by atoms with E-state index in [9.17, 15) is 28.8 Å². The number of carbonyl (C=O) groups excluding carboxylic acids is 6. The number of azo groups is 2. The lowest BCUT2D eigenvalue weighted by Gasteiger charge is -2.15. The fourth-order valence-corrected chi connectivity index (χ4v) is 7.06. The fourth-order valence-electron chi connectivity index (χ4n) is 6.12. The predicted octanol–water partition coefficient (Wildman–Crippen LogP) is 11.1. The van der Waals surface area contributed by atoms with Gasteiger partial charge in [0.15, 0.2) is 11.6 Å².